The zero-order chi connectivity index (χ0) is 27.0. The summed E-state index contributed by atoms with van der Waals surface area (Å²) in [5, 5.41) is 13.9. The van der Waals surface area contributed by atoms with Crippen LogP contribution in [-0.2, 0) is 9.53 Å². The van der Waals surface area contributed by atoms with E-state index < -0.39 is 5.41 Å². The van der Waals surface area contributed by atoms with Crippen molar-refractivity contribution < 1.29 is 9.53 Å². The first kappa shape index (κ1) is 28.7. The van der Waals surface area contributed by atoms with Crippen LogP contribution in [0.5, 0.6) is 0 Å². The van der Waals surface area contributed by atoms with E-state index >= 15 is 0 Å². The van der Waals surface area contributed by atoms with Gasteiger partial charge in [0, 0.05) is 20.8 Å². The van der Waals surface area contributed by atoms with Crippen LogP contribution in [0.4, 0.5) is 11.4 Å². The molecule has 0 spiro atoms. The second-order valence-corrected chi connectivity index (χ2v) is 9.83. The first-order valence-electron chi connectivity index (χ1n) is 10.8. The second kappa shape index (κ2) is 13.1. The molecule has 0 aliphatic carbocycles. The van der Waals surface area contributed by atoms with Crippen molar-refractivity contribution in [3.05, 3.63) is 93.4 Å². The van der Waals surface area contributed by atoms with E-state index in [9.17, 15) is 4.79 Å². The van der Waals surface area contributed by atoms with Gasteiger partial charge in [0.05, 0.1) is 30.2 Å². The van der Waals surface area contributed by atoms with Crippen molar-refractivity contribution in [3.63, 3.8) is 0 Å². The van der Waals surface area contributed by atoms with E-state index in [2.05, 4.69) is 32.8 Å². The number of hydrogen-bond acceptors (Lipinski definition) is 6. The molecular weight excluding hydrogens is 571 g/mol. The highest BCUT2D eigenvalue weighted by Gasteiger charge is 2.47. The number of anilines is 1. The Balaban J connectivity index is 0.000000319. The number of halogens is 3. The van der Waals surface area contributed by atoms with Crippen LogP contribution in [0.3, 0.4) is 0 Å². The molecule has 0 radical (unpaired) electrons. The summed E-state index contributed by atoms with van der Waals surface area (Å²) in [5.74, 6) is -0.381. The molecule has 0 saturated heterocycles. The molecule has 0 bridgehead atoms. The number of thiocarbonyl (C=S) groups is 2. The Bertz CT molecular complexity index is 1340. The maximum absolute atomic E-state index is 12.5. The van der Waals surface area contributed by atoms with Gasteiger partial charge in [0.25, 0.3) is 0 Å². The lowest BCUT2D eigenvalue weighted by Gasteiger charge is -2.24. The number of carbonyl (C=O) groups excluding carboxylic acids is 1. The number of methoxy groups -OCH3 is 1. The molecule has 1 atom stereocenters. The van der Waals surface area contributed by atoms with Gasteiger partial charge in [-0.25, -0.2) is 5.01 Å². The fraction of sp³-hybridized carbons (Fsp3) is 0.154. The minimum Gasteiger partial charge on any atom is -0.468 e. The molecule has 1 N–H and O–H groups in total. The molecule has 190 valence electrons. The molecule has 6 nitrogen and oxygen atoms in total. The predicted octanol–water partition coefficient (Wildman–Crippen LogP) is 7.66. The molecule has 0 amide bonds. The third-order valence-electron chi connectivity index (χ3n) is 5.29. The third-order valence-corrected chi connectivity index (χ3v) is 6.45. The van der Waals surface area contributed by atoms with Crippen LogP contribution in [-0.4, -0.2) is 40.6 Å². The molecule has 3 aromatic rings. The average Bonchev–Trinajstić information content (AvgIpc) is 3.26. The standard InChI is InChI=1S/C19H17Cl2N3O2S.C7H4ClNS/c1-19(17(25)26-2)11-24(18(27)22-15-9-7-14(21)8-10-15)23-16(19)12-3-5-13(20)6-4-12;8-6-1-3-7(4-2-6)9-5-10/h3-10H,11H2,1-2H3,(H,22,27);1-4H. The van der Waals surface area contributed by atoms with Gasteiger partial charge in [-0.3, -0.25) is 4.79 Å². The summed E-state index contributed by atoms with van der Waals surface area (Å²) in [6.07, 6.45) is 0. The number of nitrogens with zero attached hydrogens (tertiary/aromatic N) is 3. The lowest BCUT2D eigenvalue weighted by atomic mass is 9.82. The molecule has 1 heterocycles. The van der Waals surface area contributed by atoms with Gasteiger partial charge in [-0.05, 0) is 97.6 Å². The molecule has 1 aliphatic rings. The van der Waals surface area contributed by atoms with Crippen molar-refractivity contribution in [1.29, 1.82) is 0 Å². The number of carbonyl (C=O) groups is 1. The predicted molar refractivity (Wildman–Crippen MR) is 159 cm³/mol. The van der Waals surface area contributed by atoms with Gasteiger partial charge in [-0.15, -0.1) is 0 Å². The molecule has 1 unspecified atom stereocenters. The number of hydrogen-bond donors (Lipinski definition) is 1. The van der Waals surface area contributed by atoms with Gasteiger partial charge < -0.3 is 10.1 Å². The number of isothiocyanates is 1. The SMILES string of the molecule is COC(=O)C1(C)CN(C(=S)Nc2ccc(Cl)cc2)N=C1c1ccc(Cl)cc1.S=C=Nc1ccc(Cl)cc1. The molecule has 3 aromatic carbocycles. The quantitative estimate of drug-likeness (QED) is 0.191. The molecule has 0 saturated carbocycles. The van der Waals surface area contributed by atoms with Crippen molar-refractivity contribution in [3.8, 4) is 0 Å². The van der Waals surface area contributed by atoms with Gasteiger partial charge in [-0.2, -0.15) is 10.1 Å². The van der Waals surface area contributed by atoms with Gasteiger partial charge in [0.1, 0.15) is 5.41 Å². The Kier molecular flexibility index (Phi) is 10.2. The number of nitrogens with one attached hydrogen (secondary N) is 1. The van der Waals surface area contributed by atoms with Crippen molar-refractivity contribution >= 4 is 92.6 Å². The Morgan fingerprint density at radius 1 is 1.00 bits per heavy atom. The highest BCUT2D eigenvalue weighted by molar-refractivity contribution is 7.80. The van der Waals surface area contributed by atoms with E-state index in [1.165, 1.54) is 7.11 Å². The van der Waals surface area contributed by atoms with Crippen molar-refractivity contribution in [2.45, 2.75) is 6.92 Å². The monoisotopic (exact) mass is 590 g/mol. The fourth-order valence-electron chi connectivity index (χ4n) is 3.42. The van der Waals surface area contributed by atoms with E-state index in [-0.39, 0.29) is 12.5 Å². The van der Waals surface area contributed by atoms with Gasteiger partial charge >= 0.3 is 5.97 Å². The number of aliphatic imine (C=N–C) groups is 1. The van der Waals surface area contributed by atoms with Crippen molar-refractivity contribution in [1.82, 2.24) is 5.01 Å². The molecule has 0 aromatic heterocycles. The Morgan fingerprint density at radius 2 is 1.51 bits per heavy atom. The number of ether oxygens (including phenoxy) is 1. The fourth-order valence-corrected chi connectivity index (χ4v) is 4.12. The molecule has 1 aliphatic heterocycles. The topological polar surface area (TPSA) is 66.3 Å². The smallest absolute Gasteiger partial charge is 0.319 e. The summed E-state index contributed by atoms with van der Waals surface area (Å²) in [5.41, 5.74) is 1.95. The van der Waals surface area contributed by atoms with E-state index in [0.717, 1.165) is 16.9 Å². The second-order valence-electron chi connectivity index (χ2n) is 7.95. The van der Waals surface area contributed by atoms with Crippen LogP contribution in [0.1, 0.15) is 12.5 Å². The average molecular weight is 592 g/mol. The van der Waals surface area contributed by atoms with Crippen LogP contribution in [0.15, 0.2) is 82.9 Å². The van der Waals surface area contributed by atoms with Crippen LogP contribution >= 0.6 is 59.2 Å². The minimum absolute atomic E-state index is 0.261. The Morgan fingerprint density at radius 3 is 2.03 bits per heavy atom. The summed E-state index contributed by atoms with van der Waals surface area (Å²) in [6, 6.07) is 21.4. The van der Waals surface area contributed by atoms with Crippen LogP contribution in [0, 0.1) is 5.41 Å². The summed E-state index contributed by atoms with van der Waals surface area (Å²) >= 11 is 27.4. The van der Waals surface area contributed by atoms with Crippen LogP contribution in [0.2, 0.25) is 15.1 Å². The van der Waals surface area contributed by atoms with E-state index in [4.69, 9.17) is 51.8 Å². The van der Waals surface area contributed by atoms with Gasteiger partial charge in [0.2, 0.25) is 0 Å². The zero-order valence-corrected chi connectivity index (χ0v) is 23.6. The molecule has 0 fully saturated rings. The maximum Gasteiger partial charge on any atom is 0.319 e. The van der Waals surface area contributed by atoms with Gasteiger partial charge in [0.15, 0.2) is 5.11 Å². The van der Waals surface area contributed by atoms with Crippen molar-refractivity contribution in [2.24, 2.45) is 15.5 Å². The first-order chi connectivity index (χ1) is 17.7. The minimum atomic E-state index is -0.964. The lowest BCUT2D eigenvalue weighted by molar-refractivity contribution is -0.147. The summed E-state index contributed by atoms with van der Waals surface area (Å²) in [4.78, 5) is 16.3. The Labute approximate surface area is 240 Å². The number of benzene rings is 3. The third kappa shape index (κ3) is 7.58. The van der Waals surface area contributed by atoms with Crippen LogP contribution in [0.25, 0.3) is 0 Å². The summed E-state index contributed by atoms with van der Waals surface area (Å²) in [7, 11) is 1.36. The van der Waals surface area contributed by atoms with Crippen LogP contribution < -0.4 is 5.32 Å². The summed E-state index contributed by atoms with van der Waals surface area (Å²) < 4.78 is 5.02. The lowest BCUT2D eigenvalue weighted by Crippen LogP contribution is -2.42. The number of esters is 1. The maximum atomic E-state index is 12.5. The van der Waals surface area contributed by atoms with E-state index in [1.54, 1.807) is 60.5 Å². The molecule has 11 heteroatoms. The van der Waals surface area contributed by atoms with Gasteiger partial charge in [-0.1, -0.05) is 46.9 Å². The van der Waals surface area contributed by atoms with E-state index in [0.29, 0.717) is 25.9 Å². The highest BCUT2D eigenvalue weighted by Crippen LogP contribution is 2.33. The zero-order valence-electron chi connectivity index (χ0n) is 19.7. The number of hydrazone groups is 1. The molecular formula is C26H21Cl3N4O2S2. The highest BCUT2D eigenvalue weighted by atomic mass is 35.5. The number of rotatable bonds is 4. The van der Waals surface area contributed by atoms with E-state index in [1.807, 2.05) is 24.3 Å². The normalized spacial score (nSPS) is 16.0. The molecule has 4 rings (SSSR count). The first-order valence-corrected chi connectivity index (χ1v) is 12.7. The molecule has 37 heavy (non-hydrogen) atoms. The Hall–Kier alpha value is -2.84. The largest absolute Gasteiger partial charge is 0.468 e. The summed E-state index contributed by atoms with van der Waals surface area (Å²) in [6.45, 7) is 2.05. The van der Waals surface area contributed by atoms with Crippen molar-refractivity contribution in [2.75, 3.05) is 19.0 Å².